The van der Waals surface area contributed by atoms with E-state index >= 15 is 0 Å². The molecule has 0 saturated carbocycles. The molecule has 0 radical (unpaired) electrons. The third-order valence-electron chi connectivity index (χ3n) is 1.29. The van der Waals surface area contributed by atoms with Crippen LogP contribution < -0.4 is 0 Å². The second kappa shape index (κ2) is 12.9. The lowest BCUT2D eigenvalue weighted by atomic mass is 10.2. The van der Waals surface area contributed by atoms with E-state index in [1.165, 1.54) is 5.57 Å². The normalized spacial score (nSPS) is 11.9. The van der Waals surface area contributed by atoms with E-state index in [4.69, 9.17) is 0 Å². The van der Waals surface area contributed by atoms with Crippen molar-refractivity contribution < 1.29 is 0 Å². The molecule has 0 aromatic carbocycles. The minimum atomic E-state index is 1.11. The Kier molecular flexibility index (Phi) is 14.8. The van der Waals surface area contributed by atoms with Gasteiger partial charge in [0.1, 0.15) is 0 Å². The highest BCUT2D eigenvalue weighted by Crippen LogP contribution is 2.01. The highest BCUT2D eigenvalue weighted by Gasteiger charge is 1.81. The lowest BCUT2D eigenvalue weighted by molar-refractivity contribution is 1.15. The lowest BCUT2D eigenvalue weighted by Crippen LogP contribution is -1.70. The minimum Gasteiger partial charge on any atom is -0.0877 e. The fraction of sp³-hybridized carbons (Fsp3) is 0.500. The Morgan fingerprint density at radius 1 is 1.08 bits per heavy atom. The van der Waals surface area contributed by atoms with Crippen molar-refractivity contribution in [1.29, 1.82) is 0 Å². The first kappa shape index (κ1) is 13.8. The summed E-state index contributed by atoms with van der Waals surface area (Å²) in [6.07, 6.45) is 11.6. The molecule has 0 amide bonds. The molecule has 0 aliphatic carbocycles. The van der Waals surface area contributed by atoms with Gasteiger partial charge in [0.05, 0.1) is 0 Å². The molecule has 0 fully saturated rings. The zero-order chi connectivity index (χ0) is 9.82. The van der Waals surface area contributed by atoms with Crippen molar-refractivity contribution in [3.63, 3.8) is 0 Å². The van der Waals surface area contributed by atoms with Gasteiger partial charge in [0.2, 0.25) is 0 Å². The van der Waals surface area contributed by atoms with Gasteiger partial charge < -0.3 is 0 Å². The predicted octanol–water partition coefficient (Wildman–Crippen LogP) is 4.50. The highest BCUT2D eigenvalue weighted by molar-refractivity contribution is 5.22. The van der Waals surface area contributed by atoms with Crippen LogP contribution in [0, 0.1) is 0 Å². The van der Waals surface area contributed by atoms with E-state index in [0.29, 0.717) is 0 Å². The van der Waals surface area contributed by atoms with Crippen LogP contribution in [0.3, 0.4) is 0 Å². The fourth-order valence-electron chi connectivity index (χ4n) is 0.725. The van der Waals surface area contributed by atoms with E-state index in [-0.39, 0.29) is 0 Å². The van der Waals surface area contributed by atoms with Gasteiger partial charge in [-0.05, 0) is 25.8 Å². The van der Waals surface area contributed by atoms with Gasteiger partial charge in [-0.2, -0.15) is 0 Å². The summed E-state index contributed by atoms with van der Waals surface area (Å²) in [6, 6.07) is 0. The summed E-state index contributed by atoms with van der Waals surface area (Å²) >= 11 is 0. The summed E-state index contributed by atoms with van der Waals surface area (Å²) in [5.74, 6) is 0. The van der Waals surface area contributed by atoms with Gasteiger partial charge in [-0.25, -0.2) is 0 Å². The van der Waals surface area contributed by atoms with Crippen LogP contribution in [0.1, 0.15) is 41.0 Å². The molecule has 0 saturated heterocycles. The SMILES string of the molecule is CC.C\C=C/C=C(\C=C/C)CC. The molecule has 0 aromatic heterocycles. The Morgan fingerprint density at radius 2 is 1.67 bits per heavy atom. The van der Waals surface area contributed by atoms with Gasteiger partial charge in [0.15, 0.2) is 0 Å². The number of allylic oxidation sites excluding steroid dienone is 6. The molecule has 0 spiro atoms. The van der Waals surface area contributed by atoms with E-state index in [1.54, 1.807) is 0 Å². The molecule has 0 bridgehead atoms. The first-order chi connectivity index (χ1) is 5.85. The maximum absolute atomic E-state index is 2.16. The van der Waals surface area contributed by atoms with Gasteiger partial charge in [0, 0.05) is 0 Å². The second-order valence-corrected chi connectivity index (χ2v) is 2.12. The summed E-state index contributed by atoms with van der Waals surface area (Å²) in [6.45, 7) is 10.2. The fourth-order valence-corrected chi connectivity index (χ4v) is 0.725. The van der Waals surface area contributed by atoms with Crippen LogP contribution in [0.25, 0.3) is 0 Å². The van der Waals surface area contributed by atoms with Gasteiger partial charge in [-0.15, -0.1) is 0 Å². The molecule has 0 atom stereocenters. The summed E-state index contributed by atoms with van der Waals surface area (Å²) < 4.78 is 0. The van der Waals surface area contributed by atoms with Crippen molar-refractivity contribution in [1.82, 2.24) is 0 Å². The Bertz CT molecular complexity index is 147. The van der Waals surface area contributed by atoms with Crippen LogP contribution in [0.2, 0.25) is 0 Å². The average molecular weight is 166 g/mol. The maximum atomic E-state index is 2.16. The predicted molar refractivity (Wildman–Crippen MR) is 59.4 cm³/mol. The third kappa shape index (κ3) is 9.22. The van der Waals surface area contributed by atoms with Gasteiger partial charge in [-0.3, -0.25) is 0 Å². The Hall–Kier alpha value is -0.780. The van der Waals surface area contributed by atoms with Crippen molar-refractivity contribution >= 4 is 0 Å². The van der Waals surface area contributed by atoms with Crippen LogP contribution in [0.15, 0.2) is 36.0 Å². The van der Waals surface area contributed by atoms with E-state index in [0.717, 1.165) is 6.42 Å². The largest absolute Gasteiger partial charge is 0.0877 e. The topological polar surface area (TPSA) is 0 Å². The molecule has 0 aromatic rings. The molecule has 0 aliphatic heterocycles. The summed E-state index contributed by atoms with van der Waals surface area (Å²) in [5.41, 5.74) is 1.38. The van der Waals surface area contributed by atoms with Crippen LogP contribution in [-0.2, 0) is 0 Å². The molecule has 0 unspecified atom stereocenters. The van der Waals surface area contributed by atoms with Crippen molar-refractivity contribution in [2.45, 2.75) is 41.0 Å². The Labute approximate surface area is 77.7 Å². The van der Waals surface area contributed by atoms with Crippen molar-refractivity contribution in [3.05, 3.63) is 36.0 Å². The first-order valence-electron chi connectivity index (χ1n) is 4.79. The zero-order valence-electron chi connectivity index (χ0n) is 9.09. The quantitative estimate of drug-likeness (QED) is 0.541. The van der Waals surface area contributed by atoms with Gasteiger partial charge >= 0.3 is 0 Å². The number of hydrogen-bond acceptors (Lipinski definition) is 0. The van der Waals surface area contributed by atoms with Gasteiger partial charge in [0.25, 0.3) is 0 Å². The van der Waals surface area contributed by atoms with E-state index < -0.39 is 0 Å². The third-order valence-corrected chi connectivity index (χ3v) is 1.29. The molecule has 0 aliphatic rings. The zero-order valence-corrected chi connectivity index (χ0v) is 9.09. The Balaban J connectivity index is 0. The van der Waals surface area contributed by atoms with Crippen LogP contribution >= 0.6 is 0 Å². The molecule has 0 heterocycles. The standard InChI is InChI=1S/C10H16.C2H6/c1-4-7-9-10(6-3)8-5-2;1-2/h4-5,7-9H,6H2,1-3H3;1-2H3/b7-4-,8-5-,10-9-;. The molecule has 12 heavy (non-hydrogen) atoms. The maximum Gasteiger partial charge on any atom is -0.0308 e. The van der Waals surface area contributed by atoms with Crippen molar-refractivity contribution in [2.24, 2.45) is 0 Å². The highest BCUT2D eigenvalue weighted by atomic mass is 13.9. The van der Waals surface area contributed by atoms with E-state index in [9.17, 15) is 0 Å². The van der Waals surface area contributed by atoms with Gasteiger partial charge in [-0.1, -0.05) is 51.2 Å². The summed E-state index contributed by atoms with van der Waals surface area (Å²) in [4.78, 5) is 0. The molecule has 0 heteroatoms. The summed E-state index contributed by atoms with van der Waals surface area (Å²) in [7, 11) is 0. The van der Waals surface area contributed by atoms with Crippen LogP contribution in [0.4, 0.5) is 0 Å². The molecule has 0 N–H and O–H groups in total. The van der Waals surface area contributed by atoms with Crippen LogP contribution in [0.5, 0.6) is 0 Å². The van der Waals surface area contributed by atoms with Crippen LogP contribution in [-0.4, -0.2) is 0 Å². The Morgan fingerprint density at radius 3 is 2.00 bits per heavy atom. The number of hydrogen-bond donors (Lipinski definition) is 0. The average Bonchev–Trinajstić information content (AvgIpc) is 2.15. The monoisotopic (exact) mass is 166 g/mol. The van der Waals surface area contributed by atoms with E-state index in [2.05, 4.69) is 31.2 Å². The first-order valence-corrected chi connectivity index (χ1v) is 4.79. The second-order valence-electron chi connectivity index (χ2n) is 2.12. The summed E-state index contributed by atoms with van der Waals surface area (Å²) in [5, 5.41) is 0. The smallest absolute Gasteiger partial charge is 0.0308 e. The minimum absolute atomic E-state index is 1.11. The molecule has 70 valence electrons. The van der Waals surface area contributed by atoms with Crippen molar-refractivity contribution in [3.8, 4) is 0 Å². The molecule has 0 nitrogen and oxygen atoms in total. The molecule has 0 rings (SSSR count). The molecular formula is C12H22. The molecular weight excluding hydrogens is 144 g/mol. The lowest BCUT2D eigenvalue weighted by Gasteiger charge is -1.91. The number of rotatable bonds is 3. The van der Waals surface area contributed by atoms with Crippen molar-refractivity contribution in [2.75, 3.05) is 0 Å². The van der Waals surface area contributed by atoms with E-state index in [1.807, 2.05) is 33.8 Å².